The van der Waals surface area contributed by atoms with Gasteiger partial charge in [0.2, 0.25) is 0 Å². The Labute approximate surface area is 101 Å². The Bertz CT molecular complexity index is 203. The highest BCUT2D eigenvalue weighted by atomic mass is 15.2. The molecular formula is C13H29N3. The monoisotopic (exact) mass is 227 g/mol. The third kappa shape index (κ3) is 4.40. The molecule has 0 bridgehead atoms. The molecule has 1 N–H and O–H groups in total. The number of likely N-dealkylation sites (tertiary alicyclic amines) is 1. The van der Waals surface area contributed by atoms with Gasteiger partial charge >= 0.3 is 0 Å². The van der Waals surface area contributed by atoms with E-state index in [1.165, 1.54) is 32.5 Å². The van der Waals surface area contributed by atoms with Crippen LogP contribution < -0.4 is 5.32 Å². The molecular weight excluding hydrogens is 198 g/mol. The molecule has 0 aromatic carbocycles. The van der Waals surface area contributed by atoms with Gasteiger partial charge in [0.15, 0.2) is 0 Å². The number of hydrogen-bond donors (Lipinski definition) is 1. The van der Waals surface area contributed by atoms with Crippen molar-refractivity contribution in [1.82, 2.24) is 15.1 Å². The highest BCUT2D eigenvalue weighted by molar-refractivity contribution is 4.82. The SMILES string of the molecule is CNCC(C)(C)CN(C)C1CCCN(C)C1. The Hall–Kier alpha value is -0.120. The molecule has 1 atom stereocenters. The molecule has 0 spiro atoms. The van der Waals surface area contributed by atoms with Crippen LogP contribution in [0.4, 0.5) is 0 Å². The standard InChI is InChI=1S/C13H29N3/c1-13(2,10-14-3)11-16(5)12-7-6-8-15(4)9-12/h12,14H,6-11H2,1-5H3. The summed E-state index contributed by atoms with van der Waals surface area (Å²) >= 11 is 0. The maximum Gasteiger partial charge on any atom is 0.0220 e. The van der Waals surface area contributed by atoms with E-state index in [1.54, 1.807) is 0 Å². The maximum absolute atomic E-state index is 3.29. The van der Waals surface area contributed by atoms with Crippen molar-refractivity contribution >= 4 is 0 Å². The minimum atomic E-state index is 0.361. The number of rotatable bonds is 5. The van der Waals surface area contributed by atoms with Crippen molar-refractivity contribution in [1.29, 1.82) is 0 Å². The van der Waals surface area contributed by atoms with Gasteiger partial charge in [-0.3, -0.25) is 0 Å². The summed E-state index contributed by atoms with van der Waals surface area (Å²) in [7, 11) is 6.55. The normalized spacial score (nSPS) is 24.0. The zero-order chi connectivity index (χ0) is 12.2. The average Bonchev–Trinajstić information content (AvgIpc) is 2.16. The molecule has 0 aliphatic carbocycles. The molecule has 1 unspecified atom stereocenters. The van der Waals surface area contributed by atoms with Crippen LogP contribution in [-0.2, 0) is 0 Å². The van der Waals surface area contributed by atoms with E-state index >= 15 is 0 Å². The minimum absolute atomic E-state index is 0.361. The molecule has 1 aliphatic heterocycles. The van der Waals surface area contributed by atoms with Crippen molar-refractivity contribution in [2.24, 2.45) is 5.41 Å². The predicted molar refractivity (Wildman–Crippen MR) is 70.9 cm³/mol. The van der Waals surface area contributed by atoms with Crippen LogP contribution in [-0.4, -0.2) is 63.2 Å². The Morgan fingerprint density at radius 3 is 2.69 bits per heavy atom. The zero-order valence-corrected chi connectivity index (χ0v) is 11.7. The quantitative estimate of drug-likeness (QED) is 0.763. The highest BCUT2D eigenvalue weighted by Crippen LogP contribution is 2.20. The smallest absolute Gasteiger partial charge is 0.0220 e. The Morgan fingerprint density at radius 1 is 1.44 bits per heavy atom. The summed E-state index contributed by atoms with van der Waals surface area (Å²) in [5, 5.41) is 3.29. The summed E-state index contributed by atoms with van der Waals surface area (Å²) in [4.78, 5) is 5.00. The van der Waals surface area contributed by atoms with E-state index in [1.807, 2.05) is 7.05 Å². The molecule has 0 aromatic heterocycles. The summed E-state index contributed by atoms with van der Waals surface area (Å²) < 4.78 is 0. The van der Waals surface area contributed by atoms with Crippen molar-refractivity contribution in [3.05, 3.63) is 0 Å². The van der Waals surface area contributed by atoms with Crippen LogP contribution in [0.15, 0.2) is 0 Å². The summed E-state index contributed by atoms with van der Waals surface area (Å²) in [5.74, 6) is 0. The molecule has 0 saturated carbocycles. The molecule has 1 saturated heterocycles. The molecule has 16 heavy (non-hydrogen) atoms. The summed E-state index contributed by atoms with van der Waals surface area (Å²) in [6, 6.07) is 0.745. The van der Waals surface area contributed by atoms with Crippen LogP contribution in [0.25, 0.3) is 0 Å². The van der Waals surface area contributed by atoms with Crippen LogP contribution in [0, 0.1) is 5.41 Å². The van der Waals surface area contributed by atoms with E-state index in [-0.39, 0.29) is 0 Å². The first-order valence-corrected chi connectivity index (χ1v) is 6.48. The molecule has 0 radical (unpaired) electrons. The van der Waals surface area contributed by atoms with Gasteiger partial charge in [0.25, 0.3) is 0 Å². The van der Waals surface area contributed by atoms with E-state index in [9.17, 15) is 0 Å². The third-order valence-electron chi connectivity index (χ3n) is 3.56. The van der Waals surface area contributed by atoms with Crippen LogP contribution in [0.1, 0.15) is 26.7 Å². The van der Waals surface area contributed by atoms with Gasteiger partial charge in [0.05, 0.1) is 0 Å². The van der Waals surface area contributed by atoms with Crippen molar-refractivity contribution in [3.63, 3.8) is 0 Å². The van der Waals surface area contributed by atoms with Gasteiger partial charge in [0.1, 0.15) is 0 Å². The van der Waals surface area contributed by atoms with Gasteiger partial charge < -0.3 is 15.1 Å². The van der Waals surface area contributed by atoms with Gasteiger partial charge in [-0.1, -0.05) is 13.8 Å². The number of likely N-dealkylation sites (N-methyl/N-ethyl adjacent to an activating group) is 2. The lowest BCUT2D eigenvalue weighted by Crippen LogP contribution is -2.49. The summed E-state index contributed by atoms with van der Waals surface area (Å²) in [6.45, 7) is 9.43. The number of hydrogen-bond acceptors (Lipinski definition) is 3. The fraction of sp³-hybridized carbons (Fsp3) is 1.00. The second-order valence-electron chi connectivity index (χ2n) is 6.17. The minimum Gasteiger partial charge on any atom is -0.319 e. The van der Waals surface area contributed by atoms with E-state index in [0.717, 1.165) is 12.6 Å². The Kier molecular flexibility index (Phi) is 5.22. The van der Waals surface area contributed by atoms with Gasteiger partial charge in [-0.25, -0.2) is 0 Å². The van der Waals surface area contributed by atoms with Crippen LogP contribution >= 0.6 is 0 Å². The number of nitrogens with one attached hydrogen (secondary N) is 1. The van der Waals surface area contributed by atoms with Crippen molar-refractivity contribution in [2.45, 2.75) is 32.7 Å². The molecule has 96 valence electrons. The second kappa shape index (κ2) is 5.99. The van der Waals surface area contributed by atoms with Gasteiger partial charge in [-0.05, 0) is 45.9 Å². The van der Waals surface area contributed by atoms with Crippen molar-refractivity contribution < 1.29 is 0 Å². The molecule has 3 heteroatoms. The van der Waals surface area contributed by atoms with Gasteiger partial charge in [0, 0.05) is 25.7 Å². The maximum atomic E-state index is 3.29. The molecule has 0 amide bonds. The zero-order valence-electron chi connectivity index (χ0n) is 11.7. The first-order valence-electron chi connectivity index (χ1n) is 6.48. The second-order valence-corrected chi connectivity index (χ2v) is 6.17. The van der Waals surface area contributed by atoms with Crippen LogP contribution in [0.5, 0.6) is 0 Å². The third-order valence-corrected chi connectivity index (χ3v) is 3.56. The predicted octanol–water partition coefficient (Wildman–Crippen LogP) is 1.26. The van der Waals surface area contributed by atoms with Crippen molar-refractivity contribution in [3.8, 4) is 0 Å². The highest BCUT2D eigenvalue weighted by Gasteiger charge is 2.26. The van der Waals surface area contributed by atoms with E-state index in [0.29, 0.717) is 5.41 Å². The molecule has 1 heterocycles. The first kappa shape index (κ1) is 13.9. The number of piperidine rings is 1. The summed E-state index contributed by atoms with van der Waals surface area (Å²) in [5.41, 5.74) is 0.361. The topological polar surface area (TPSA) is 18.5 Å². The molecule has 1 aliphatic rings. The van der Waals surface area contributed by atoms with E-state index < -0.39 is 0 Å². The lowest BCUT2D eigenvalue weighted by Gasteiger charge is -2.39. The lowest BCUT2D eigenvalue weighted by molar-refractivity contribution is 0.0993. The molecule has 1 rings (SSSR count). The Balaban J connectivity index is 2.41. The van der Waals surface area contributed by atoms with Crippen LogP contribution in [0.2, 0.25) is 0 Å². The molecule has 1 fully saturated rings. The van der Waals surface area contributed by atoms with E-state index in [2.05, 4.69) is 43.1 Å². The fourth-order valence-corrected chi connectivity index (χ4v) is 2.84. The largest absolute Gasteiger partial charge is 0.319 e. The average molecular weight is 227 g/mol. The van der Waals surface area contributed by atoms with E-state index in [4.69, 9.17) is 0 Å². The van der Waals surface area contributed by atoms with Crippen molar-refractivity contribution in [2.75, 3.05) is 47.3 Å². The molecule has 0 aromatic rings. The first-order chi connectivity index (χ1) is 7.44. The fourth-order valence-electron chi connectivity index (χ4n) is 2.84. The molecule has 3 nitrogen and oxygen atoms in total. The van der Waals surface area contributed by atoms with Crippen LogP contribution in [0.3, 0.4) is 0 Å². The summed E-state index contributed by atoms with van der Waals surface area (Å²) in [6.07, 6.45) is 2.70. The number of nitrogens with zero attached hydrogens (tertiary/aromatic N) is 2. The Morgan fingerprint density at radius 2 is 2.12 bits per heavy atom. The lowest BCUT2D eigenvalue weighted by atomic mass is 9.91. The van der Waals surface area contributed by atoms with Gasteiger partial charge in [-0.15, -0.1) is 0 Å². The van der Waals surface area contributed by atoms with Gasteiger partial charge in [-0.2, -0.15) is 0 Å².